The van der Waals surface area contributed by atoms with Crippen LogP contribution >= 0.6 is 0 Å². The number of nitrogens with zero attached hydrogens (tertiary/aromatic N) is 4. The van der Waals surface area contributed by atoms with Crippen LogP contribution in [-0.2, 0) is 23.9 Å². The van der Waals surface area contributed by atoms with Gasteiger partial charge in [0, 0.05) is 35.1 Å². The zero-order chi connectivity index (χ0) is 45.7. The Morgan fingerprint density at radius 1 is 0.762 bits per heavy atom. The second kappa shape index (κ2) is 20.8. The molecule has 5 aliphatic heterocycles. The molecule has 8 bridgehead atoms. The number of hydrogen-bond acceptors (Lipinski definition) is 9. The Morgan fingerprint density at radius 2 is 1.38 bits per heavy atom. The van der Waals surface area contributed by atoms with E-state index in [-0.39, 0.29) is 36.6 Å². The average molecular weight is 857 g/mol. The van der Waals surface area contributed by atoms with E-state index in [2.05, 4.69) is 75.3 Å². The number of methoxy groups -OCH3 is 1. The standard InChI is InChI=1S/C54H72N4O5/c1-13-39-36(9)43-27-41-34(7)35(8)42(55-41)28-44-37(10)40(51(57-44)49-50(54(61)62-12)53(60)48-38(11)45(58-52(48)49)29-46(39)56-43)23-24-47(59)63-26-25-33(6)22-16-21-32(5)20-15-19-31(4)18-14-17-30(2)3/h25,27-32,37,40,50H,13-24,26H2,1-12H3. The lowest BCUT2D eigenvalue weighted by atomic mass is 9.81. The molecule has 0 fully saturated rings. The van der Waals surface area contributed by atoms with E-state index in [1.165, 1.54) is 57.6 Å². The molecule has 0 saturated heterocycles. The molecule has 1 aliphatic carbocycles. The quantitative estimate of drug-likeness (QED) is 0.0728. The molecule has 63 heavy (non-hydrogen) atoms. The monoisotopic (exact) mass is 857 g/mol. The van der Waals surface area contributed by atoms with Crippen molar-refractivity contribution in [3.8, 4) is 0 Å². The third-order valence-electron chi connectivity index (χ3n) is 14.3. The van der Waals surface area contributed by atoms with Gasteiger partial charge in [0.2, 0.25) is 0 Å². The fourth-order valence-electron chi connectivity index (χ4n) is 9.93. The van der Waals surface area contributed by atoms with Gasteiger partial charge in [0.15, 0.2) is 5.78 Å². The molecule has 5 heterocycles. The van der Waals surface area contributed by atoms with Crippen LogP contribution < -0.4 is 0 Å². The van der Waals surface area contributed by atoms with Crippen LogP contribution in [0.5, 0.6) is 0 Å². The molecule has 9 nitrogen and oxygen atoms in total. The Balaban J connectivity index is 1.18. The maximum atomic E-state index is 14.3. The zero-order valence-corrected chi connectivity index (χ0v) is 40.3. The van der Waals surface area contributed by atoms with Crippen LogP contribution in [0.3, 0.4) is 0 Å². The molecule has 0 aromatic carbocycles. The van der Waals surface area contributed by atoms with Crippen molar-refractivity contribution in [2.45, 2.75) is 153 Å². The summed E-state index contributed by atoms with van der Waals surface area (Å²) in [6, 6.07) is 0. The van der Waals surface area contributed by atoms with Crippen molar-refractivity contribution in [3.05, 3.63) is 91.7 Å². The highest BCUT2D eigenvalue weighted by atomic mass is 16.5. The number of rotatable bonds is 19. The van der Waals surface area contributed by atoms with Gasteiger partial charge in [-0.2, -0.15) is 0 Å². The smallest absolute Gasteiger partial charge is 0.321 e. The minimum absolute atomic E-state index is 0.154. The third-order valence-corrected chi connectivity index (χ3v) is 14.3. The van der Waals surface area contributed by atoms with E-state index in [1.807, 2.05) is 25.2 Å². The summed E-state index contributed by atoms with van der Waals surface area (Å²) in [6.45, 7) is 24.1. The molecule has 5 atom stereocenters. The van der Waals surface area contributed by atoms with Crippen molar-refractivity contribution in [2.24, 2.45) is 55.5 Å². The summed E-state index contributed by atoms with van der Waals surface area (Å²) in [6.07, 6.45) is 20.7. The van der Waals surface area contributed by atoms with E-state index in [0.29, 0.717) is 40.3 Å². The molecule has 0 radical (unpaired) electrons. The Kier molecular flexibility index (Phi) is 15.7. The lowest BCUT2D eigenvalue weighted by molar-refractivity contribution is -0.146. The van der Waals surface area contributed by atoms with E-state index in [1.54, 1.807) is 0 Å². The van der Waals surface area contributed by atoms with E-state index >= 15 is 0 Å². The van der Waals surface area contributed by atoms with Gasteiger partial charge in [-0.3, -0.25) is 19.4 Å². The molecule has 0 aromatic heterocycles. The highest BCUT2D eigenvalue weighted by Crippen LogP contribution is 2.48. The van der Waals surface area contributed by atoms with Crippen molar-refractivity contribution in [1.82, 2.24) is 0 Å². The molecule has 0 spiro atoms. The fraction of sp³-hybridized carbons (Fsp3) is 0.574. The van der Waals surface area contributed by atoms with Crippen LogP contribution in [0.2, 0.25) is 0 Å². The third kappa shape index (κ3) is 10.6. The maximum absolute atomic E-state index is 14.3. The van der Waals surface area contributed by atoms with E-state index in [0.717, 1.165) is 87.8 Å². The highest BCUT2D eigenvalue weighted by molar-refractivity contribution is 6.31. The summed E-state index contributed by atoms with van der Waals surface area (Å²) in [5.74, 6) is -0.614. The summed E-state index contributed by atoms with van der Waals surface area (Å²) < 4.78 is 11.0. The van der Waals surface area contributed by atoms with Crippen LogP contribution in [0.4, 0.5) is 0 Å². The molecule has 0 aromatic rings. The maximum Gasteiger partial charge on any atom is 0.321 e. The van der Waals surface area contributed by atoms with Gasteiger partial charge in [-0.15, -0.1) is 0 Å². The van der Waals surface area contributed by atoms with Gasteiger partial charge >= 0.3 is 11.9 Å². The van der Waals surface area contributed by atoms with Crippen LogP contribution in [-0.4, -0.2) is 54.3 Å². The first kappa shape index (κ1) is 47.7. The number of fused-ring (bicyclic) bond motifs is 4. The highest BCUT2D eigenvalue weighted by Gasteiger charge is 2.51. The van der Waals surface area contributed by atoms with Crippen LogP contribution in [0.15, 0.2) is 112 Å². The topological polar surface area (TPSA) is 119 Å². The predicted octanol–water partition coefficient (Wildman–Crippen LogP) is 12.4. The normalized spacial score (nSPS) is 23.0. The van der Waals surface area contributed by atoms with Crippen LogP contribution in [0, 0.1) is 35.5 Å². The second-order valence-corrected chi connectivity index (χ2v) is 19.4. The minimum atomic E-state index is -1.21. The number of ether oxygens (including phenoxy) is 2. The number of carbonyl (C=O) groups excluding carboxylic acids is 3. The van der Waals surface area contributed by atoms with Crippen molar-refractivity contribution < 1.29 is 23.9 Å². The second-order valence-electron chi connectivity index (χ2n) is 19.4. The molecule has 338 valence electrons. The SMILES string of the molecule is CCC1=C(C)C2=NC1=CC1=NC3=C(C4=NC(=CC5=NC(=C2)C(C)=C5C)C(C)C4CCC(=O)OCC=C(C)CCCC(C)CCCC(C)CCCC(C)C)C(C(=O)OC)C(=O)C3=C1C. The van der Waals surface area contributed by atoms with Gasteiger partial charge in [-0.1, -0.05) is 92.1 Å². The average Bonchev–Trinajstić information content (AvgIpc) is 3.97. The Labute approximate surface area is 377 Å². The molecular weight excluding hydrogens is 785 g/mol. The molecule has 6 aliphatic rings. The van der Waals surface area contributed by atoms with E-state index in [9.17, 15) is 14.4 Å². The molecule has 9 heteroatoms. The first-order valence-corrected chi connectivity index (χ1v) is 23.8. The molecular formula is C54H72N4O5. The van der Waals surface area contributed by atoms with Crippen molar-refractivity contribution in [3.63, 3.8) is 0 Å². The number of carbonyl (C=O) groups is 3. The minimum Gasteiger partial charge on any atom is -0.468 e. The zero-order valence-electron chi connectivity index (χ0n) is 40.3. The molecule has 5 unspecified atom stereocenters. The van der Waals surface area contributed by atoms with Crippen molar-refractivity contribution in [1.29, 1.82) is 0 Å². The Hall–Kier alpha value is -4.79. The first-order valence-electron chi connectivity index (χ1n) is 23.8. The number of ketones is 1. The predicted molar refractivity (Wildman–Crippen MR) is 257 cm³/mol. The molecule has 6 rings (SSSR count). The lowest BCUT2D eigenvalue weighted by Crippen LogP contribution is -2.30. The van der Waals surface area contributed by atoms with E-state index < -0.39 is 11.9 Å². The van der Waals surface area contributed by atoms with Gasteiger partial charge in [-0.25, -0.2) is 15.0 Å². The summed E-state index contributed by atoms with van der Waals surface area (Å²) in [5, 5.41) is 0. The van der Waals surface area contributed by atoms with Crippen molar-refractivity contribution in [2.75, 3.05) is 13.7 Å². The van der Waals surface area contributed by atoms with Crippen LogP contribution in [0.1, 0.15) is 153 Å². The summed E-state index contributed by atoms with van der Waals surface area (Å²) in [7, 11) is 1.30. The number of aliphatic imine (C=N–C) groups is 4. The van der Waals surface area contributed by atoms with Gasteiger partial charge < -0.3 is 9.47 Å². The van der Waals surface area contributed by atoms with Gasteiger partial charge in [0.05, 0.1) is 47.0 Å². The molecule has 0 N–H and O–H groups in total. The van der Waals surface area contributed by atoms with Gasteiger partial charge in [0.25, 0.3) is 0 Å². The first-order chi connectivity index (χ1) is 30.0. The number of esters is 2. The molecule has 0 amide bonds. The summed E-state index contributed by atoms with van der Waals surface area (Å²) >= 11 is 0. The molecule has 0 saturated carbocycles. The largest absolute Gasteiger partial charge is 0.468 e. The number of Topliss-reactive ketones (excluding diaryl/α,β-unsaturated/α-hetero) is 1. The van der Waals surface area contributed by atoms with Crippen molar-refractivity contribution >= 4 is 40.6 Å². The summed E-state index contributed by atoms with van der Waals surface area (Å²) in [4.78, 5) is 61.8. The van der Waals surface area contributed by atoms with Gasteiger partial charge in [0.1, 0.15) is 12.5 Å². The van der Waals surface area contributed by atoms with E-state index in [4.69, 9.17) is 29.4 Å². The number of hydrogen-bond donors (Lipinski definition) is 0. The Bertz CT molecular complexity index is 2280. The fourth-order valence-corrected chi connectivity index (χ4v) is 9.93. The van der Waals surface area contributed by atoms with Crippen LogP contribution in [0.25, 0.3) is 0 Å². The number of allylic oxidation sites excluding steroid dienone is 11. The lowest BCUT2D eigenvalue weighted by Gasteiger charge is -2.21. The van der Waals surface area contributed by atoms with Gasteiger partial charge in [-0.05, 0) is 130 Å². The Morgan fingerprint density at radius 3 is 2.05 bits per heavy atom. The summed E-state index contributed by atoms with van der Waals surface area (Å²) in [5.41, 5.74) is 12.9.